The van der Waals surface area contributed by atoms with Gasteiger partial charge in [-0.1, -0.05) is 24.3 Å². The lowest BCUT2D eigenvalue weighted by Crippen LogP contribution is -2.57. The number of rotatable bonds is 1. The van der Waals surface area contributed by atoms with Gasteiger partial charge in [0.05, 0.1) is 12.6 Å². The lowest BCUT2D eigenvalue weighted by molar-refractivity contribution is -0.152. The zero-order chi connectivity index (χ0) is 21.5. The average Bonchev–Trinajstić information content (AvgIpc) is 2.72. The van der Waals surface area contributed by atoms with Crippen LogP contribution in [-0.4, -0.2) is 70.9 Å². The first kappa shape index (κ1) is 20.7. The van der Waals surface area contributed by atoms with Crippen molar-refractivity contribution < 1.29 is 19.1 Å². The molecule has 0 saturated carbocycles. The summed E-state index contributed by atoms with van der Waals surface area (Å²) in [7, 11) is 0. The summed E-state index contributed by atoms with van der Waals surface area (Å²) in [6, 6.07) is 8.17. The van der Waals surface area contributed by atoms with E-state index >= 15 is 0 Å². The summed E-state index contributed by atoms with van der Waals surface area (Å²) in [5.41, 5.74) is 1.90. The summed E-state index contributed by atoms with van der Waals surface area (Å²) in [6.45, 7) is 7.98. The third-order valence-corrected chi connectivity index (χ3v) is 6.26. The van der Waals surface area contributed by atoms with Crippen molar-refractivity contribution in [3.63, 3.8) is 0 Å². The van der Waals surface area contributed by atoms with Crippen LogP contribution in [0, 0.1) is 5.92 Å². The number of amides is 3. The summed E-state index contributed by atoms with van der Waals surface area (Å²) in [5, 5.41) is 0. The zero-order valence-corrected chi connectivity index (χ0v) is 18.1. The average molecular weight is 414 g/mol. The molecular formula is C23H31N3O4. The van der Waals surface area contributed by atoms with E-state index < -0.39 is 5.60 Å². The zero-order valence-electron chi connectivity index (χ0n) is 18.1. The molecule has 2 saturated heterocycles. The molecule has 1 atom stereocenters. The molecular weight excluding hydrogens is 382 g/mol. The number of likely N-dealkylation sites (tertiary alicyclic amines) is 1. The van der Waals surface area contributed by atoms with Crippen molar-refractivity contribution in [2.45, 2.75) is 51.7 Å². The van der Waals surface area contributed by atoms with E-state index in [0.717, 1.165) is 18.5 Å². The molecule has 3 amide bonds. The highest BCUT2D eigenvalue weighted by molar-refractivity contribution is 5.88. The number of carbonyl (C=O) groups is 3. The molecule has 0 N–H and O–H groups in total. The maximum Gasteiger partial charge on any atom is 0.410 e. The Morgan fingerprint density at radius 2 is 1.73 bits per heavy atom. The molecule has 7 nitrogen and oxygen atoms in total. The molecule has 2 fully saturated rings. The molecule has 30 heavy (non-hydrogen) atoms. The summed E-state index contributed by atoms with van der Waals surface area (Å²) < 4.78 is 5.44. The molecule has 7 heteroatoms. The molecule has 162 valence electrons. The second kappa shape index (κ2) is 7.93. The van der Waals surface area contributed by atoms with Crippen molar-refractivity contribution in [1.82, 2.24) is 14.7 Å². The Labute approximate surface area is 177 Å². The maximum absolute atomic E-state index is 13.2. The highest BCUT2D eigenvalue weighted by Gasteiger charge is 2.40. The van der Waals surface area contributed by atoms with Gasteiger partial charge >= 0.3 is 6.09 Å². The second-order valence-corrected chi connectivity index (χ2v) is 9.51. The van der Waals surface area contributed by atoms with Crippen molar-refractivity contribution in [3.8, 4) is 0 Å². The number of ether oxygens (including phenoxy) is 1. The van der Waals surface area contributed by atoms with Gasteiger partial charge in [0.15, 0.2) is 0 Å². The topological polar surface area (TPSA) is 70.2 Å². The van der Waals surface area contributed by atoms with Crippen LogP contribution in [0.1, 0.15) is 50.8 Å². The Morgan fingerprint density at radius 1 is 1.03 bits per heavy atom. The van der Waals surface area contributed by atoms with E-state index in [0.29, 0.717) is 32.5 Å². The molecule has 0 bridgehead atoms. The predicted molar refractivity (Wildman–Crippen MR) is 112 cm³/mol. The van der Waals surface area contributed by atoms with E-state index in [-0.39, 0.29) is 36.4 Å². The molecule has 4 rings (SSSR count). The number of nitrogens with zero attached hydrogens (tertiary/aromatic N) is 3. The molecule has 1 aromatic rings. The largest absolute Gasteiger partial charge is 0.444 e. The monoisotopic (exact) mass is 413 g/mol. The Balaban J connectivity index is 1.39. The lowest BCUT2D eigenvalue weighted by atomic mass is 9.89. The van der Waals surface area contributed by atoms with E-state index in [1.165, 1.54) is 5.56 Å². The summed E-state index contributed by atoms with van der Waals surface area (Å²) in [4.78, 5) is 43.6. The highest BCUT2D eigenvalue weighted by Crippen LogP contribution is 2.34. The van der Waals surface area contributed by atoms with Crippen LogP contribution in [-0.2, 0) is 20.7 Å². The van der Waals surface area contributed by atoms with Gasteiger partial charge in [-0.25, -0.2) is 4.79 Å². The molecule has 1 aromatic carbocycles. The molecule has 3 aliphatic heterocycles. The number of fused-ring (bicyclic) bond motifs is 3. The molecule has 1 unspecified atom stereocenters. The fourth-order valence-electron chi connectivity index (χ4n) is 4.74. The number of hydrogen-bond donors (Lipinski definition) is 0. The summed E-state index contributed by atoms with van der Waals surface area (Å²) >= 11 is 0. The highest BCUT2D eigenvalue weighted by atomic mass is 16.6. The molecule has 0 radical (unpaired) electrons. The smallest absolute Gasteiger partial charge is 0.410 e. The SMILES string of the molecule is CC(C)(C)OC(=O)N1CCC(C(=O)N2CC(=O)N3CCc4ccccc4C3C2)CC1. The normalized spacial score (nSPS) is 22.4. The molecule has 3 heterocycles. The number of carbonyl (C=O) groups excluding carboxylic acids is 3. The minimum Gasteiger partial charge on any atom is -0.444 e. The Hall–Kier alpha value is -2.57. The summed E-state index contributed by atoms with van der Waals surface area (Å²) in [5.74, 6) is -0.0861. The van der Waals surface area contributed by atoms with E-state index in [2.05, 4.69) is 12.1 Å². The Bertz CT molecular complexity index is 839. The van der Waals surface area contributed by atoms with Crippen LogP contribution in [0.4, 0.5) is 4.79 Å². The van der Waals surface area contributed by atoms with Crippen LogP contribution < -0.4 is 0 Å². The van der Waals surface area contributed by atoms with Crippen molar-refractivity contribution >= 4 is 17.9 Å². The fourth-order valence-corrected chi connectivity index (χ4v) is 4.74. The number of hydrogen-bond acceptors (Lipinski definition) is 4. The van der Waals surface area contributed by atoms with Crippen LogP contribution in [0.25, 0.3) is 0 Å². The molecule has 3 aliphatic rings. The van der Waals surface area contributed by atoms with Crippen LogP contribution >= 0.6 is 0 Å². The predicted octanol–water partition coefficient (Wildman–Crippen LogP) is 2.60. The van der Waals surface area contributed by atoms with Crippen LogP contribution in [0.5, 0.6) is 0 Å². The third-order valence-electron chi connectivity index (χ3n) is 6.26. The Morgan fingerprint density at radius 3 is 2.43 bits per heavy atom. The van der Waals surface area contributed by atoms with Crippen molar-refractivity contribution in [2.75, 3.05) is 32.7 Å². The van der Waals surface area contributed by atoms with Gasteiger partial charge in [0, 0.05) is 32.1 Å². The van der Waals surface area contributed by atoms with Gasteiger partial charge in [0.25, 0.3) is 0 Å². The van der Waals surface area contributed by atoms with Gasteiger partial charge in [-0.2, -0.15) is 0 Å². The minimum absolute atomic E-state index is 0.0281. The minimum atomic E-state index is -0.528. The first-order valence-electron chi connectivity index (χ1n) is 10.9. The molecule has 0 aliphatic carbocycles. The standard InChI is InChI=1S/C23H31N3O4/c1-23(2,3)30-22(29)24-11-8-17(9-12-24)21(28)25-14-19-18-7-5-4-6-16(18)10-13-26(19)20(27)15-25/h4-7,17,19H,8-15H2,1-3H3. The van der Waals surface area contributed by atoms with Gasteiger partial charge in [-0.05, 0) is 51.2 Å². The van der Waals surface area contributed by atoms with E-state index in [4.69, 9.17) is 4.74 Å². The van der Waals surface area contributed by atoms with Crippen LogP contribution in [0.15, 0.2) is 24.3 Å². The van der Waals surface area contributed by atoms with E-state index in [1.54, 1.807) is 9.80 Å². The Kier molecular flexibility index (Phi) is 5.47. The lowest BCUT2D eigenvalue weighted by Gasteiger charge is -2.45. The summed E-state index contributed by atoms with van der Waals surface area (Å²) in [6.07, 6.45) is 1.76. The van der Waals surface area contributed by atoms with Gasteiger partial charge in [-0.3, -0.25) is 9.59 Å². The van der Waals surface area contributed by atoms with Crippen LogP contribution in [0.2, 0.25) is 0 Å². The van der Waals surface area contributed by atoms with Crippen molar-refractivity contribution in [1.29, 1.82) is 0 Å². The second-order valence-electron chi connectivity index (χ2n) is 9.51. The number of piperidine rings is 1. The quantitative estimate of drug-likeness (QED) is 0.710. The first-order valence-corrected chi connectivity index (χ1v) is 10.9. The fraction of sp³-hybridized carbons (Fsp3) is 0.609. The number of piperazine rings is 1. The van der Waals surface area contributed by atoms with Crippen molar-refractivity contribution in [2.24, 2.45) is 5.92 Å². The van der Waals surface area contributed by atoms with Gasteiger partial charge in [0.1, 0.15) is 5.60 Å². The van der Waals surface area contributed by atoms with Gasteiger partial charge in [-0.15, -0.1) is 0 Å². The molecule has 0 spiro atoms. The number of benzene rings is 1. The first-order chi connectivity index (χ1) is 14.2. The molecule has 0 aromatic heterocycles. The van der Waals surface area contributed by atoms with Gasteiger partial charge in [0.2, 0.25) is 11.8 Å². The third kappa shape index (κ3) is 4.16. The van der Waals surface area contributed by atoms with E-state index in [1.807, 2.05) is 37.8 Å². The van der Waals surface area contributed by atoms with Gasteiger partial charge < -0.3 is 19.4 Å². The maximum atomic E-state index is 13.2. The van der Waals surface area contributed by atoms with Crippen LogP contribution in [0.3, 0.4) is 0 Å². The van der Waals surface area contributed by atoms with E-state index in [9.17, 15) is 14.4 Å². The van der Waals surface area contributed by atoms with Crippen molar-refractivity contribution in [3.05, 3.63) is 35.4 Å².